The second kappa shape index (κ2) is 5.88. The monoisotopic (exact) mass is 376 g/mol. The maximum atomic E-state index is 13.6. The molecule has 0 N–H and O–H groups in total. The molecule has 4 rings (SSSR count). The van der Waals surface area contributed by atoms with Gasteiger partial charge >= 0.3 is 0 Å². The third-order valence-corrected chi connectivity index (χ3v) is 4.68. The van der Waals surface area contributed by atoms with E-state index in [1.165, 1.54) is 18.9 Å². The third-order valence-electron chi connectivity index (χ3n) is 3.92. The lowest BCUT2D eigenvalue weighted by molar-refractivity contribution is 0.292. The van der Waals surface area contributed by atoms with Crippen LogP contribution in [0.4, 0.5) is 4.39 Å². The van der Waals surface area contributed by atoms with Gasteiger partial charge in [-0.15, -0.1) is 5.10 Å². The number of fused-ring (bicyclic) bond motifs is 1. The highest BCUT2D eigenvalue weighted by Gasteiger charge is 2.23. The second-order valence-corrected chi connectivity index (χ2v) is 6.47. The van der Waals surface area contributed by atoms with Crippen molar-refractivity contribution < 1.29 is 9.13 Å². The van der Waals surface area contributed by atoms with Crippen molar-refractivity contribution in [3.8, 4) is 5.75 Å². The summed E-state index contributed by atoms with van der Waals surface area (Å²) in [6.45, 7) is 0.968. The minimum absolute atomic E-state index is 0.0625. The summed E-state index contributed by atoms with van der Waals surface area (Å²) in [5, 5.41) is 8.45. The van der Waals surface area contributed by atoms with Gasteiger partial charge in [-0.1, -0.05) is 5.21 Å². The van der Waals surface area contributed by atoms with Gasteiger partial charge in [-0.2, -0.15) is 0 Å². The van der Waals surface area contributed by atoms with Crippen LogP contribution in [0.2, 0.25) is 0 Å². The molecular weight excluding hydrogens is 363 g/mol. The molecule has 0 saturated heterocycles. The predicted octanol–water partition coefficient (Wildman–Crippen LogP) is 3.72. The maximum absolute atomic E-state index is 13.6. The highest BCUT2D eigenvalue weighted by Crippen LogP contribution is 2.35. The first-order valence-corrected chi connectivity index (χ1v) is 8.25. The fraction of sp³-hybridized carbons (Fsp3) is 0.312. The van der Waals surface area contributed by atoms with Crippen molar-refractivity contribution in [2.75, 3.05) is 0 Å². The van der Waals surface area contributed by atoms with Crippen LogP contribution >= 0.6 is 15.9 Å². The van der Waals surface area contributed by atoms with Crippen LogP contribution in [0.5, 0.6) is 5.75 Å². The molecule has 1 saturated carbocycles. The molecule has 0 spiro atoms. The number of aromatic nitrogens is 4. The Morgan fingerprint density at radius 1 is 1.30 bits per heavy atom. The molecule has 0 radical (unpaired) electrons. The molecular formula is C16H14BrFN4O. The molecule has 23 heavy (non-hydrogen) atoms. The second-order valence-electron chi connectivity index (χ2n) is 5.68. The smallest absolute Gasteiger partial charge is 0.148 e. The van der Waals surface area contributed by atoms with E-state index in [9.17, 15) is 4.39 Å². The largest absolute Gasteiger partial charge is 0.486 e. The minimum Gasteiger partial charge on any atom is -0.486 e. The highest BCUT2D eigenvalue weighted by molar-refractivity contribution is 9.10. The van der Waals surface area contributed by atoms with Crippen LogP contribution in [0.25, 0.3) is 11.0 Å². The molecule has 0 atom stereocenters. The molecule has 1 aromatic carbocycles. The number of benzene rings is 1. The van der Waals surface area contributed by atoms with Crippen molar-refractivity contribution in [3.63, 3.8) is 0 Å². The van der Waals surface area contributed by atoms with E-state index >= 15 is 0 Å². The van der Waals surface area contributed by atoms with Gasteiger partial charge in [0.2, 0.25) is 0 Å². The van der Waals surface area contributed by atoms with Crippen molar-refractivity contribution in [1.29, 1.82) is 0 Å². The van der Waals surface area contributed by atoms with Crippen LogP contribution in [0.3, 0.4) is 0 Å². The van der Waals surface area contributed by atoms with Gasteiger partial charge in [-0.3, -0.25) is 4.98 Å². The van der Waals surface area contributed by atoms with Gasteiger partial charge in [0, 0.05) is 12.7 Å². The lowest BCUT2D eigenvalue weighted by Gasteiger charge is -2.09. The van der Waals surface area contributed by atoms with Crippen molar-refractivity contribution in [1.82, 2.24) is 20.0 Å². The van der Waals surface area contributed by atoms with E-state index in [4.69, 9.17) is 4.74 Å². The van der Waals surface area contributed by atoms with E-state index in [-0.39, 0.29) is 18.1 Å². The zero-order valence-corrected chi connectivity index (χ0v) is 13.8. The SMILES string of the molecule is Fc1cccnc1COc1ccc2c(nnn2CC2CC2)c1Br. The Morgan fingerprint density at radius 3 is 2.96 bits per heavy atom. The zero-order valence-electron chi connectivity index (χ0n) is 12.2. The van der Waals surface area contributed by atoms with E-state index in [0.29, 0.717) is 5.75 Å². The first-order chi connectivity index (χ1) is 11.2. The third kappa shape index (κ3) is 2.93. The lowest BCUT2D eigenvalue weighted by Crippen LogP contribution is -2.02. The predicted molar refractivity (Wildman–Crippen MR) is 86.5 cm³/mol. The van der Waals surface area contributed by atoms with Crippen LogP contribution in [-0.4, -0.2) is 20.0 Å². The fourth-order valence-electron chi connectivity index (χ4n) is 2.45. The van der Waals surface area contributed by atoms with E-state index in [1.54, 1.807) is 12.3 Å². The van der Waals surface area contributed by atoms with Crippen molar-refractivity contribution in [3.05, 3.63) is 46.4 Å². The minimum atomic E-state index is -0.375. The summed E-state index contributed by atoms with van der Waals surface area (Å²) in [4.78, 5) is 3.98. The number of ether oxygens (including phenoxy) is 1. The van der Waals surface area contributed by atoms with Crippen LogP contribution in [0.15, 0.2) is 34.9 Å². The molecule has 2 aromatic heterocycles. The Balaban J connectivity index is 1.58. The molecule has 1 aliphatic carbocycles. The van der Waals surface area contributed by atoms with Gasteiger partial charge in [0.15, 0.2) is 0 Å². The standard InChI is InChI=1S/C16H14BrFN4O/c17-15-14(23-9-12-11(18)2-1-7-19-12)6-5-13-16(15)20-21-22(13)8-10-3-4-10/h1-2,5-7,10H,3-4,8-9H2. The van der Waals surface area contributed by atoms with E-state index in [0.717, 1.165) is 28.0 Å². The summed E-state index contributed by atoms with van der Waals surface area (Å²) in [6.07, 6.45) is 4.07. The zero-order chi connectivity index (χ0) is 15.8. The average molecular weight is 377 g/mol. The molecule has 0 aliphatic heterocycles. The highest BCUT2D eigenvalue weighted by atomic mass is 79.9. The lowest BCUT2D eigenvalue weighted by atomic mass is 10.3. The first kappa shape index (κ1) is 14.6. The summed E-state index contributed by atoms with van der Waals surface area (Å²) >= 11 is 3.51. The first-order valence-electron chi connectivity index (χ1n) is 7.46. The summed E-state index contributed by atoms with van der Waals surface area (Å²) in [5.41, 5.74) is 2.00. The fourth-order valence-corrected chi connectivity index (χ4v) is 2.98. The van der Waals surface area contributed by atoms with Crippen molar-refractivity contribution in [2.45, 2.75) is 26.0 Å². The van der Waals surface area contributed by atoms with Crippen LogP contribution in [0, 0.1) is 11.7 Å². The summed E-state index contributed by atoms with van der Waals surface area (Å²) in [7, 11) is 0. The number of hydrogen-bond donors (Lipinski definition) is 0. The normalized spacial score (nSPS) is 14.3. The van der Waals surface area contributed by atoms with Crippen LogP contribution in [0.1, 0.15) is 18.5 Å². The summed E-state index contributed by atoms with van der Waals surface area (Å²) in [5.74, 6) is 0.947. The van der Waals surface area contributed by atoms with Crippen molar-refractivity contribution in [2.24, 2.45) is 5.92 Å². The molecule has 7 heteroatoms. The quantitative estimate of drug-likeness (QED) is 0.680. The molecule has 1 aliphatic rings. The van der Waals surface area contributed by atoms with E-state index in [2.05, 4.69) is 31.2 Å². The van der Waals surface area contributed by atoms with E-state index < -0.39 is 0 Å². The van der Waals surface area contributed by atoms with Crippen LogP contribution in [-0.2, 0) is 13.2 Å². The Morgan fingerprint density at radius 2 is 2.17 bits per heavy atom. The maximum Gasteiger partial charge on any atom is 0.148 e. The van der Waals surface area contributed by atoms with E-state index in [1.807, 2.05) is 16.8 Å². The number of hydrogen-bond acceptors (Lipinski definition) is 4. The molecule has 0 amide bonds. The Kier molecular flexibility index (Phi) is 3.72. The molecule has 118 valence electrons. The van der Waals surface area contributed by atoms with Gasteiger partial charge in [0.1, 0.15) is 29.4 Å². The summed E-state index contributed by atoms with van der Waals surface area (Å²) in [6, 6.07) is 6.71. The Hall–Kier alpha value is -2.02. The van der Waals surface area contributed by atoms with Gasteiger partial charge in [-0.25, -0.2) is 9.07 Å². The Labute approximate surface area is 140 Å². The molecule has 1 fully saturated rings. The molecule has 5 nitrogen and oxygen atoms in total. The molecule has 3 aromatic rings. The Bertz CT molecular complexity index is 862. The van der Waals surface area contributed by atoms with Crippen molar-refractivity contribution >= 4 is 27.0 Å². The van der Waals surface area contributed by atoms with Gasteiger partial charge in [0.25, 0.3) is 0 Å². The van der Waals surface area contributed by atoms with Gasteiger partial charge in [0.05, 0.1) is 9.99 Å². The molecule has 2 heterocycles. The molecule has 0 unspecified atom stereocenters. The van der Waals surface area contributed by atoms with Crippen LogP contribution < -0.4 is 4.74 Å². The molecule has 0 bridgehead atoms. The average Bonchev–Trinajstić information content (AvgIpc) is 3.27. The summed E-state index contributed by atoms with van der Waals surface area (Å²) < 4.78 is 21.9. The number of nitrogens with zero attached hydrogens (tertiary/aromatic N) is 4. The van der Waals surface area contributed by atoms with Gasteiger partial charge < -0.3 is 4.74 Å². The topological polar surface area (TPSA) is 52.8 Å². The number of rotatable bonds is 5. The van der Waals surface area contributed by atoms with Gasteiger partial charge in [-0.05, 0) is 59.0 Å². The number of halogens is 2. The number of pyridine rings is 1.